The highest BCUT2D eigenvalue weighted by atomic mass is 79.9. The molecule has 0 atom stereocenters. The van der Waals surface area contributed by atoms with Crippen molar-refractivity contribution in [3.63, 3.8) is 0 Å². The third-order valence-corrected chi connectivity index (χ3v) is 3.01. The van der Waals surface area contributed by atoms with E-state index in [1.54, 1.807) is 6.33 Å². The zero-order valence-corrected chi connectivity index (χ0v) is 10.0. The molecule has 0 radical (unpaired) electrons. The van der Waals surface area contributed by atoms with Crippen LogP contribution in [0.5, 0.6) is 0 Å². The maximum Gasteiger partial charge on any atom is 0.195 e. The van der Waals surface area contributed by atoms with Gasteiger partial charge in [0.05, 0.1) is 33.7 Å². The number of fused-ring (bicyclic) bond motifs is 1. The number of rotatable bonds is 1. The molecule has 1 aliphatic heterocycles. The van der Waals surface area contributed by atoms with Crippen LogP contribution in [0.3, 0.4) is 0 Å². The molecule has 1 aromatic heterocycles. The molecule has 1 aliphatic rings. The Morgan fingerprint density at radius 3 is 3.19 bits per heavy atom. The van der Waals surface area contributed by atoms with Gasteiger partial charge < -0.3 is 10.6 Å². The predicted octanol–water partition coefficient (Wildman–Crippen LogP) is 1.57. The fraction of sp³-hybridized carbons (Fsp3) is 0.200. The molecule has 0 spiro atoms. The number of aliphatic imine (C=N–C) groups is 1. The van der Waals surface area contributed by atoms with Gasteiger partial charge in [-0.3, -0.25) is 8.59 Å². The molecule has 2 heterocycles. The summed E-state index contributed by atoms with van der Waals surface area (Å²) in [7, 11) is 0. The highest BCUT2D eigenvalue weighted by Crippen LogP contribution is 2.19. The van der Waals surface area contributed by atoms with Gasteiger partial charge in [-0.1, -0.05) is 0 Å². The van der Waals surface area contributed by atoms with E-state index in [9.17, 15) is 0 Å². The van der Waals surface area contributed by atoms with E-state index in [0.29, 0.717) is 0 Å². The molecule has 0 saturated heterocycles. The second kappa shape index (κ2) is 3.79. The fourth-order valence-electron chi connectivity index (χ4n) is 1.68. The zero-order valence-electron chi connectivity index (χ0n) is 8.44. The van der Waals surface area contributed by atoms with Gasteiger partial charge >= 0.3 is 0 Å². The lowest BCUT2D eigenvalue weighted by Crippen LogP contribution is -2.26. The van der Waals surface area contributed by atoms with E-state index < -0.39 is 0 Å². The SMILES string of the molecule is Brn1cnc2cc(NC3=NCCN3)ccc21. The number of hydrogen-bond acceptors (Lipinski definition) is 4. The summed E-state index contributed by atoms with van der Waals surface area (Å²) >= 11 is 3.38. The Morgan fingerprint density at radius 1 is 1.44 bits per heavy atom. The van der Waals surface area contributed by atoms with Crippen molar-refractivity contribution in [2.45, 2.75) is 0 Å². The molecular formula is C10H10BrN5. The molecule has 82 valence electrons. The molecule has 5 nitrogen and oxygen atoms in total. The van der Waals surface area contributed by atoms with E-state index in [0.717, 1.165) is 35.8 Å². The number of nitrogens with one attached hydrogen (secondary N) is 2. The summed E-state index contributed by atoms with van der Waals surface area (Å²) < 4.78 is 1.82. The highest BCUT2D eigenvalue weighted by molar-refractivity contribution is 9.08. The quantitative estimate of drug-likeness (QED) is 0.833. The van der Waals surface area contributed by atoms with Crippen molar-refractivity contribution in [2.75, 3.05) is 18.4 Å². The van der Waals surface area contributed by atoms with Gasteiger partial charge in [0, 0.05) is 12.2 Å². The topological polar surface area (TPSA) is 54.2 Å². The maximum absolute atomic E-state index is 4.28. The van der Waals surface area contributed by atoms with Gasteiger partial charge in [-0.05, 0) is 18.2 Å². The van der Waals surface area contributed by atoms with Crippen molar-refractivity contribution in [3.8, 4) is 0 Å². The summed E-state index contributed by atoms with van der Waals surface area (Å²) in [6, 6.07) is 6.01. The lowest BCUT2D eigenvalue weighted by Gasteiger charge is -2.06. The number of imidazole rings is 1. The van der Waals surface area contributed by atoms with Gasteiger partial charge in [0.15, 0.2) is 5.96 Å². The highest BCUT2D eigenvalue weighted by Gasteiger charge is 2.06. The van der Waals surface area contributed by atoms with Gasteiger partial charge in [-0.25, -0.2) is 4.98 Å². The van der Waals surface area contributed by atoms with Crippen LogP contribution in [-0.4, -0.2) is 27.6 Å². The van der Waals surface area contributed by atoms with Crippen molar-refractivity contribution in [1.29, 1.82) is 0 Å². The number of hydrogen-bond donors (Lipinski definition) is 2. The van der Waals surface area contributed by atoms with Crippen molar-refractivity contribution in [3.05, 3.63) is 24.5 Å². The third kappa shape index (κ3) is 1.65. The molecule has 0 bridgehead atoms. The number of anilines is 1. The number of aromatic nitrogens is 2. The Labute approximate surface area is 101 Å². The van der Waals surface area contributed by atoms with Crippen molar-refractivity contribution >= 4 is 38.8 Å². The van der Waals surface area contributed by atoms with E-state index in [2.05, 4.69) is 36.8 Å². The van der Waals surface area contributed by atoms with Crippen LogP contribution in [0.15, 0.2) is 29.5 Å². The average Bonchev–Trinajstić information content (AvgIpc) is 2.90. The normalized spacial score (nSPS) is 14.9. The van der Waals surface area contributed by atoms with E-state index in [1.807, 2.05) is 21.8 Å². The average molecular weight is 280 g/mol. The molecule has 6 heteroatoms. The molecule has 0 fully saturated rings. The summed E-state index contributed by atoms with van der Waals surface area (Å²) in [4.78, 5) is 8.55. The monoisotopic (exact) mass is 279 g/mol. The predicted molar refractivity (Wildman–Crippen MR) is 68.0 cm³/mol. The summed E-state index contributed by atoms with van der Waals surface area (Å²) in [5, 5.41) is 6.38. The van der Waals surface area contributed by atoms with Crippen molar-refractivity contribution in [2.24, 2.45) is 4.99 Å². The molecule has 3 rings (SSSR count). The first kappa shape index (κ1) is 9.65. The standard InChI is InChI=1S/C10H10BrN5/c11-16-6-14-8-5-7(1-2-9(8)16)15-10-12-3-4-13-10/h1-2,5-6H,3-4H2,(H2,12,13,15). The third-order valence-electron chi connectivity index (χ3n) is 2.44. The number of halogens is 1. The molecule has 0 amide bonds. The molecular weight excluding hydrogens is 270 g/mol. The zero-order chi connectivity index (χ0) is 11.0. The minimum atomic E-state index is 0.831. The minimum Gasteiger partial charge on any atom is -0.354 e. The second-order valence-corrected chi connectivity index (χ2v) is 4.31. The number of benzene rings is 1. The molecule has 0 saturated carbocycles. The molecule has 0 unspecified atom stereocenters. The van der Waals surface area contributed by atoms with E-state index in [-0.39, 0.29) is 0 Å². The summed E-state index contributed by atoms with van der Waals surface area (Å²) in [5.74, 6) is 0.831. The second-order valence-electron chi connectivity index (χ2n) is 3.54. The Morgan fingerprint density at radius 2 is 2.38 bits per heavy atom. The van der Waals surface area contributed by atoms with E-state index >= 15 is 0 Å². The van der Waals surface area contributed by atoms with Crippen LogP contribution < -0.4 is 10.6 Å². The first-order valence-electron chi connectivity index (χ1n) is 5.01. The Kier molecular flexibility index (Phi) is 2.28. The fourth-order valence-corrected chi connectivity index (χ4v) is 2.07. The Hall–Kier alpha value is -1.56. The van der Waals surface area contributed by atoms with Crippen LogP contribution in [0.25, 0.3) is 11.0 Å². The largest absolute Gasteiger partial charge is 0.354 e. The Bertz CT molecular complexity index is 559. The lowest BCUT2D eigenvalue weighted by molar-refractivity contribution is 0.959. The smallest absolute Gasteiger partial charge is 0.195 e. The molecule has 16 heavy (non-hydrogen) atoms. The Balaban J connectivity index is 1.92. The number of nitrogens with zero attached hydrogens (tertiary/aromatic N) is 3. The molecule has 2 aromatic rings. The van der Waals surface area contributed by atoms with Gasteiger partial charge in [0.2, 0.25) is 0 Å². The summed E-state index contributed by atoms with van der Waals surface area (Å²) in [5.41, 5.74) is 2.99. The van der Waals surface area contributed by atoms with Crippen LogP contribution in [0.4, 0.5) is 5.69 Å². The van der Waals surface area contributed by atoms with Gasteiger partial charge in [-0.15, -0.1) is 0 Å². The molecule has 2 N–H and O–H groups in total. The summed E-state index contributed by atoms with van der Waals surface area (Å²) in [6.07, 6.45) is 1.74. The van der Waals surface area contributed by atoms with Gasteiger partial charge in [-0.2, -0.15) is 0 Å². The van der Waals surface area contributed by atoms with Crippen LogP contribution in [0.1, 0.15) is 0 Å². The molecule has 1 aromatic carbocycles. The minimum absolute atomic E-state index is 0.831. The van der Waals surface area contributed by atoms with Crippen molar-refractivity contribution in [1.82, 2.24) is 13.9 Å². The number of guanidine groups is 1. The van der Waals surface area contributed by atoms with Gasteiger partial charge in [0.25, 0.3) is 0 Å². The first-order chi connectivity index (χ1) is 7.83. The van der Waals surface area contributed by atoms with E-state index in [4.69, 9.17) is 0 Å². The van der Waals surface area contributed by atoms with Crippen LogP contribution in [-0.2, 0) is 0 Å². The van der Waals surface area contributed by atoms with Gasteiger partial charge in [0.1, 0.15) is 6.33 Å². The van der Waals surface area contributed by atoms with Crippen LogP contribution in [0.2, 0.25) is 0 Å². The van der Waals surface area contributed by atoms with Crippen LogP contribution in [0, 0.1) is 0 Å². The summed E-state index contributed by atoms with van der Waals surface area (Å²) in [6.45, 7) is 1.74. The maximum atomic E-state index is 4.28. The molecule has 0 aliphatic carbocycles. The van der Waals surface area contributed by atoms with E-state index in [1.165, 1.54) is 0 Å². The lowest BCUT2D eigenvalue weighted by atomic mass is 10.3. The van der Waals surface area contributed by atoms with Crippen molar-refractivity contribution < 1.29 is 0 Å². The van der Waals surface area contributed by atoms with Crippen LogP contribution >= 0.6 is 16.1 Å². The first-order valence-corrected chi connectivity index (χ1v) is 5.72.